The van der Waals surface area contributed by atoms with E-state index in [2.05, 4.69) is 29.8 Å². The van der Waals surface area contributed by atoms with Crippen molar-refractivity contribution in [2.75, 3.05) is 0 Å². The van der Waals surface area contributed by atoms with Crippen molar-refractivity contribution < 1.29 is 4.39 Å². The second kappa shape index (κ2) is 7.46. The molecule has 0 spiro atoms. The summed E-state index contributed by atoms with van der Waals surface area (Å²) in [4.78, 5) is 0. The van der Waals surface area contributed by atoms with Crippen LogP contribution in [0, 0.1) is 11.7 Å². The Labute approximate surface area is 122 Å². The molecule has 2 unspecified atom stereocenters. The SMILES string of the molecule is CCCCC(CC)C(N)c1ccc(Br)c(Cl)c1F. The van der Waals surface area contributed by atoms with E-state index in [0.717, 1.165) is 25.7 Å². The third-order valence-corrected chi connectivity index (χ3v) is 4.64. The van der Waals surface area contributed by atoms with Crippen LogP contribution in [0.3, 0.4) is 0 Å². The maximum atomic E-state index is 14.1. The average Bonchev–Trinajstić information content (AvgIpc) is 2.37. The smallest absolute Gasteiger partial charge is 0.147 e. The number of unbranched alkanes of at least 4 members (excludes halogenated alkanes) is 1. The molecule has 1 aromatic carbocycles. The molecule has 0 radical (unpaired) electrons. The zero-order chi connectivity index (χ0) is 13.7. The zero-order valence-electron chi connectivity index (χ0n) is 10.8. The van der Waals surface area contributed by atoms with Crippen LogP contribution in [0.4, 0.5) is 4.39 Å². The molecule has 0 aliphatic heterocycles. The molecule has 0 aliphatic carbocycles. The molecule has 0 fully saturated rings. The van der Waals surface area contributed by atoms with Gasteiger partial charge in [0.15, 0.2) is 0 Å². The van der Waals surface area contributed by atoms with Crippen LogP contribution in [0.15, 0.2) is 16.6 Å². The third kappa shape index (κ3) is 3.69. The number of benzene rings is 1. The molecule has 1 rings (SSSR count). The second-order valence-corrected chi connectivity index (χ2v) is 5.83. The quantitative estimate of drug-likeness (QED) is 0.686. The van der Waals surface area contributed by atoms with Crippen LogP contribution >= 0.6 is 27.5 Å². The van der Waals surface area contributed by atoms with Crippen molar-refractivity contribution in [1.29, 1.82) is 0 Å². The predicted octanol–water partition coefficient (Wildman–Crippen LogP) is 5.46. The topological polar surface area (TPSA) is 26.0 Å². The maximum Gasteiger partial charge on any atom is 0.147 e. The van der Waals surface area contributed by atoms with E-state index < -0.39 is 5.82 Å². The van der Waals surface area contributed by atoms with Gasteiger partial charge in [0.05, 0.1) is 5.02 Å². The first kappa shape index (κ1) is 15.9. The van der Waals surface area contributed by atoms with Crippen LogP contribution in [0.5, 0.6) is 0 Å². The lowest BCUT2D eigenvalue weighted by molar-refractivity contribution is 0.369. The maximum absolute atomic E-state index is 14.1. The van der Waals surface area contributed by atoms with Gasteiger partial charge in [-0.3, -0.25) is 0 Å². The van der Waals surface area contributed by atoms with Crippen molar-refractivity contribution in [1.82, 2.24) is 0 Å². The number of halogens is 3. The van der Waals surface area contributed by atoms with Crippen LogP contribution in [0.25, 0.3) is 0 Å². The monoisotopic (exact) mass is 335 g/mol. The van der Waals surface area contributed by atoms with E-state index in [1.54, 1.807) is 12.1 Å². The molecule has 0 bridgehead atoms. The van der Waals surface area contributed by atoms with Crippen LogP contribution in [0.1, 0.15) is 51.1 Å². The van der Waals surface area contributed by atoms with E-state index in [4.69, 9.17) is 17.3 Å². The highest BCUT2D eigenvalue weighted by Crippen LogP contribution is 2.34. The molecule has 0 heterocycles. The van der Waals surface area contributed by atoms with Crippen molar-refractivity contribution >= 4 is 27.5 Å². The first-order valence-electron chi connectivity index (χ1n) is 6.41. The Balaban J connectivity index is 2.94. The van der Waals surface area contributed by atoms with E-state index in [0.29, 0.717) is 16.0 Å². The fraction of sp³-hybridized carbons (Fsp3) is 0.571. The van der Waals surface area contributed by atoms with Gasteiger partial charge in [-0.25, -0.2) is 4.39 Å². The summed E-state index contributed by atoms with van der Waals surface area (Å²) in [7, 11) is 0. The molecular formula is C14H20BrClFN. The van der Waals surface area contributed by atoms with Crippen molar-refractivity contribution in [3.05, 3.63) is 33.0 Å². The lowest BCUT2D eigenvalue weighted by Gasteiger charge is -2.23. The highest BCUT2D eigenvalue weighted by molar-refractivity contribution is 9.10. The molecule has 0 aliphatic rings. The van der Waals surface area contributed by atoms with Gasteiger partial charge in [0.1, 0.15) is 5.82 Å². The Morgan fingerprint density at radius 3 is 2.61 bits per heavy atom. The summed E-state index contributed by atoms with van der Waals surface area (Å²) in [5.41, 5.74) is 6.72. The molecule has 0 saturated carbocycles. The second-order valence-electron chi connectivity index (χ2n) is 4.60. The molecular weight excluding hydrogens is 317 g/mol. The minimum atomic E-state index is -0.395. The van der Waals surface area contributed by atoms with E-state index >= 15 is 0 Å². The Morgan fingerprint density at radius 1 is 1.39 bits per heavy atom. The summed E-state index contributed by atoms with van der Waals surface area (Å²) < 4.78 is 14.7. The van der Waals surface area contributed by atoms with E-state index in [1.165, 1.54) is 0 Å². The van der Waals surface area contributed by atoms with Crippen molar-refractivity contribution in [2.45, 2.75) is 45.6 Å². The fourth-order valence-corrected chi connectivity index (χ4v) is 2.63. The number of hydrogen-bond acceptors (Lipinski definition) is 1. The fourth-order valence-electron chi connectivity index (χ4n) is 2.16. The Hall–Kier alpha value is -0.120. The minimum absolute atomic E-state index is 0.119. The van der Waals surface area contributed by atoms with Gasteiger partial charge in [0.2, 0.25) is 0 Å². The largest absolute Gasteiger partial charge is 0.324 e. The molecule has 2 N–H and O–H groups in total. The molecule has 1 aromatic rings. The van der Waals surface area contributed by atoms with Gasteiger partial charge in [-0.15, -0.1) is 0 Å². The van der Waals surface area contributed by atoms with Gasteiger partial charge in [0, 0.05) is 16.1 Å². The van der Waals surface area contributed by atoms with Gasteiger partial charge >= 0.3 is 0 Å². The molecule has 2 atom stereocenters. The van der Waals surface area contributed by atoms with Crippen LogP contribution in [0.2, 0.25) is 5.02 Å². The summed E-state index contributed by atoms with van der Waals surface area (Å²) in [6.07, 6.45) is 4.24. The van der Waals surface area contributed by atoms with E-state index in [9.17, 15) is 4.39 Å². The summed E-state index contributed by atoms with van der Waals surface area (Å²) in [6.45, 7) is 4.24. The molecule has 1 nitrogen and oxygen atoms in total. The number of hydrogen-bond donors (Lipinski definition) is 1. The van der Waals surface area contributed by atoms with Gasteiger partial charge in [-0.05, 0) is 34.3 Å². The van der Waals surface area contributed by atoms with E-state index in [-0.39, 0.29) is 11.1 Å². The standard InChI is InChI=1S/C14H20BrClFN/c1-3-5-6-9(4-2)14(18)10-7-8-11(15)12(16)13(10)17/h7-9,14H,3-6,18H2,1-2H3. The average molecular weight is 337 g/mol. The van der Waals surface area contributed by atoms with Crippen molar-refractivity contribution in [2.24, 2.45) is 11.7 Å². The van der Waals surface area contributed by atoms with Crippen LogP contribution < -0.4 is 5.73 Å². The molecule has 0 saturated heterocycles. The van der Waals surface area contributed by atoms with Gasteiger partial charge in [-0.2, -0.15) is 0 Å². The first-order valence-corrected chi connectivity index (χ1v) is 7.58. The first-order chi connectivity index (χ1) is 8.52. The Kier molecular flexibility index (Phi) is 6.61. The van der Waals surface area contributed by atoms with Crippen molar-refractivity contribution in [3.63, 3.8) is 0 Å². The lowest BCUT2D eigenvalue weighted by atomic mass is 9.87. The van der Waals surface area contributed by atoms with Gasteiger partial charge < -0.3 is 5.73 Å². The third-order valence-electron chi connectivity index (χ3n) is 3.38. The Morgan fingerprint density at radius 2 is 2.06 bits per heavy atom. The molecule has 4 heteroatoms. The highest BCUT2D eigenvalue weighted by Gasteiger charge is 2.22. The summed E-state index contributed by atoms with van der Waals surface area (Å²) in [6, 6.07) is 3.20. The lowest BCUT2D eigenvalue weighted by Crippen LogP contribution is -2.22. The molecule has 102 valence electrons. The molecule has 0 aromatic heterocycles. The zero-order valence-corrected chi connectivity index (χ0v) is 13.2. The minimum Gasteiger partial charge on any atom is -0.324 e. The summed E-state index contributed by atoms with van der Waals surface area (Å²) in [5.74, 6) is -0.0924. The van der Waals surface area contributed by atoms with Crippen LogP contribution in [-0.2, 0) is 0 Å². The van der Waals surface area contributed by atoms with Crippen LogP contribution in [-0.4, -0.2) is 0 Å². The number of nitrogens with two attached hydrogens (primary N) is 1. The summed E-state index contributed by atoms with van der Waals surface area (Å²) in [5, 5.41) is 0.119. The Bertz CT molecular complexity index is 398. The highest BCUT2D eigenvalue weighted by atomic mass is 79.9. The van der Waals surface area contributed by atoms with Gasteiger partial charge in [-0.1, -0.05) is 50.8 Å². The van der Waals surface area contributed by atoms with Crippen molar-refractivity contribution in [3.8, 4) is 0 Å². The molecule has 18 heavy (non-hydrogen) atoms. The van der Waals surface area contributed by atoms with E-state index in [1.807, 2.05) is 0 Å². The normalized spacial score (nSPS) is 14.6. The molecule has 0 amide bonds. The predicted molar refractivity (Wildman–Crippen MR) is 79.3 cm³/mol. The van der Waals surface area contributed by atoms with Gasteiger partial charge in [0.25, 0.3) is 0 Å². The summed E-state index contributed by atoms with van der Waals surface area (Å²) >= 11 is 9.11. The number of rotatable bonds is 6.